The molecule has 1 amide bonds. The summed E-state index contributed by atoms with van der Waals surface area (Å²) < 4.78 is 5.39. The summed E-state index contributed by atoms with van der Waals surface area (Å²) in [4.78, 5) is 24.2. The Hall–Kier alpha value is -1.59. The number of carboxylic acid groups (broad SMARTS) is 1. The van der Waals surface area contributed by atoms with E-state index < -0.39 is 24.0 Å². The van der Waals surface area contributed by atoms with E-state index in [1.54, 1.807) is 24.3 Å². The molecule has 0 saturated heterocycles. The molecule has 1 aromatic rings. The minimum Gasteiger partial charge on any atom is -0.480 e. The van der Waals surface area contributed by atoms with Crippen LogP contribution in [0.2, 0.25) is 5.02 Å². The van der Waals surface area contributed by atoms with Crippen LogP contribution in [-0.4, -0.2) is 35.7 Å². The summed E-state index contributed by atoms with van der Waals surface area (Å²) in [6.07, 6.45) is 0. The van der Waals surface area contributed by atoms with Crippen LogP contribution in [0.4, 0.5) is 5.69 Å². The highest BCUT2D eigenvalue weighted by atomic mass is 35.5. The second-order valence-corrected chi connectivity index (χ2v) is 5.69. The molecule has 1 rings (SSSR count). The number of halogens is 1. The number of rotatable bonds is 5. The van der Waals surface area contributed by atoms with Gasteiger partial charge in [0.15, 0.2) is 0 Å². The molecule has 1 N–H and O–H groups in total. The number of amides is 1. The number of aliphatic carboxylic acids is 1. The van der Waals surface area contributed by atoms with Crippen LogP contribution in [0, 0.1) is 0 Å². The Kier molecular flexibility index (Phi) is 5.53. The van der Waals surface area contributed by atoms with Crippen molar-refractivity contribution < 1.29 is 19.4 Å². The maximum absolute atomic E-state index is 12.1. The lowest BCUT2D eigenvalue weighted by Gasteiger charge is -2.24. The molecule has 0 unspecified atom stereocenters. The van der Waals surface area contributed by atoms with E-state index in [0.717, 1.165) is 4.90 Å². The first-order valence-electron chi connectivity index (χ1n) is 6.11. The Balaban J connectivity index is 2.86. The van der Waals surface area contributed by atoms with Gasteiger partial charge in [0.1, 0.15) is 13.2 Å². The van der Waals surface area contributed by atoms with Crippen LogP contribution < -0.4 is 4.90 Å². The molecule has 0 saturated carbocycles. The number of benzene rings is 1. The molecule has 0 bridgehead atoms. The molecule has 0 aliphatic carbocycles. The molecule has 1 aromatic carbocycles. The van der Waals surface area contributed by atoms with E-state index in [0.29, 0.717) is 10.7 Å². The van der Waals surface area contributed by atoms with Gasteiger partial charge in [-0.3, -0.25) is 14.5 Å². The zero-order chi connectivity index (χ0) is 15.3. The smallest absolute Gasteiger partial charge is 0.323 e. The third-order valence-electron chi connectivity index (χ3n) is 2.36. The fourth-order valence-electron chi connectivity index (χ4n) is 1.44. The van der Waals surface area contributed by atoms with Crippen molar-refractivity contribution in [3.8, 4) is 0 Å². The highest BCUT2D eigenvalue weighted by molar-refractivity contribution is 6.30. The highest BCUT2D eigenvalue weighted by Crippen LogP contribution is 2.18. The van der Waals surface area contributed by atoms with Crippen LogP contribution in [0.5, 0.6) is 0 Å². The van der Waals surface area contributed by atoms with Gasteiger partial charge in [0.25, 0.3) is 5.91 Å². The average molecular weight is 300 g/mol. The van der Waals surface area contributed by atoms with Gasteiger partial charge in [0.2, 0.25) is 0 Å². The van der Waals surface area contributed by atoms with Crippen molar-refractivity contribution in [2.24, 2.45) is 0 Å². The molecule has 110 valence electrons. The van der Waals surface area contributed by atoms with Crippen molar-refractivity contribution in [1.82, 2.24) is 0 Å². The first-order valence-corrected chi connectivity index (χ1v) is 6.48. The molecule has 0 aliphatic heterocycles. The third kappa shape index (κ3) is 5.59. The van der Waals surface area contributed by atoms with Crippen molar-refractivity contribution in [2.75, 3.05) is 18.1 Å². The second-order valence-electron chi connectivity index (χ2n) is 5.25. The number of hydrogen-bond acceptors (Lipinski definition) is 3. The Morgan fingerprint density at radius 1 is 1.25 bits per heavy atom. The summed E-state index contributed by atoms with van der Waals surface area (Å²) >= 11 is 5.78. The van der Waals surface area contributed by atoms with E-state index in [2.05, 4.69) is 0 Å². The molecule has 0 heterocycles. The lowest BCUT2D eigenvalue weighted by Crippen LogP contribution is -2.39. The minimum atomic E-state index is -1.09. The minimum absolute atomic E-state index is 0.181. The Morgan fingerprint density at radius 2 is 1.80 bits per heavy atom. The number of anilines is 1. The molecule has 0 radical (unpaired) electrons. The zero-order valence-corrected chi connectivity index (χ0v) is 12.5. The lowest BCUT2D eigenvalue weighted by molar-refractivity contribution is -0.137. The molecule has 0 spiro atoms. The fourth-order valence-corrected chi connectivity index (χ4v) is 1.56. The van der Waals surface area contributed by atoms with Crippen LogP contribution in [-0.2, 0) is 14.3 Å². The van der Waals surface area contributed by atoms with Crippen LogP contribution in [0.1, 0.15) is 20.8 Å². The van der Waals surface area contributed by atoms with Crippen LogP contribution in [0.15, 0.2) is 24.3 Å². The molecular formula is C14H18ClNO4. The van der Waals surface area contributed by atoms with Gasteiger partial charge >= 0.3 is 5.97 Å². The van der Waals surface area contributed by atoms with Crippen LogP contribution in [0.25, 0.3) is 0 Å². The first kappa shape index (κ1) is 16.5. The monoisotopic (exact) mass is 299 g/mol. The molecule has 0 fully saturated rings. The first-order chi connectivity index (χ1) is 9.19. The number of carbonyl (C=O) groups is 2. The Morgan fingerprint density at radius 3 is 2.25 bits per heavy atom. The summed E-state index contributed by atoms with van der Waals surface area (Å²) in [6.45, 7) is 4.87. The molecule has 0 aromatic heterocycles. The molecule has 5 nitrogen and oxygen atoms in total. The highest BCUT2D eigenvalue weighted by Gasteiger charge is 2.21. The predicted molar refractivity (Wildman–Crippen MR) is 77.1 cm³/mol. The lowest BCUT2D eigenvalue weighted by atomic mass is 10.2. The molecule has 20 heavy (non-hydrogen) atoms. The van der Waals surface area contributed by atoms with E-state index in [1.165, 1.54) is 0 Å². The van der Waals surface area contributed by atoms with Gasteiger partial charge < -0.3 is 9.84 Å². The van der Waals surface area contributed by atoms with Gasteiger partial charge in [-0.15, -0.1) is 0 Å². The number of carboxylic acids is 1. The van der Waals surface area contributed by atoms with Crippen molar-refractivity contribution in [1.29, 1.82) is 0 Å². The summed E-state index contributed by atoms with van der Waals surface area (Å²) in [5, 5.41) is 9.43. The van der Waals surface area contributed by atoms with E-state index >= 15 is 0 Å². The van der Waals surface area contributed by atoms with E-state index in [1.807, 2.05) is 20.8 Å². The topological polar surface area (TPSA) is 66.8 Å². The molecule has 6 heteroatoms. The second kappa shape index (κ2) is 6.72. The summed E-state index contributed by atoms with van der Waals surface area (Å²) in [6, 6.07) is 6.40. The quantitative estimate of drug-likeness (QED) is 0.907. The third-order valence-corrected chi connectivity index (χ3v) is 2.61. The van der Waals surface area contributed by atoms with Crippen molar-refractivity contribution in [2.45, 2.75) is 26.4 Å². The van der Waals surface area contributed by atoms with Gasteiger partial charge in [-0.1, -0.05) is 11.6 Å². The number of hydrogen-bond donors (Lipinski definition) is 1. The SMILES string of the molecule is CC(C)(C)OCC(=O)N(CC(=O)O)c1ccc(Cl)cc1. The van der Waals surface area contributed by atoms with Crippen molar-refractivity contribution >= 4 is 29.2 Å². The van der Waals surface area contributed by atoms with Gasteiger partial charge in [-0.2, -0.15) is 0 Å². The summed E-state index contributed by atoms with van der Waals surface area (Å²) in [5.41, 5.74) is 0.00387. The summed E-state index contributed by atoms with van der Waals surface area (Å²) in [5.74, 6) is -1.51. The zero-order valence-electron chi connectivity index (χ0n) is 11.7. The fraction of sp³-hybridized carbons (Fsp3) is 0.429. The number of carbonyl (C=O) groups excluding carboxylic acids is 1. The van der Waals surface area contributed by atoms with Crippen LogP contribution in [0.3, 0.4) is 0 Å². The van der Waals surface area contributed by atoms with Gasteiger partial charge in [-0.25, -0.2) is 0 Å². The van der Waals surface area contributed by atoms with Gasteiger partial charge in [-0.05, 0) is 45.0 Å². The van der Waals surface area contributed by atoms with E-state index in [4.69, 9.17) is 21.4 Å². The Labute approximate surface area is 123 Å². The standard InChI is InChI=1S/C14H18ClNO4/c1-14(2,3)20-9-12(17)16(8-13(18)19)11-6-4-10(15)5-7-11/h4-7H,8-9H2,1-3H3,(H,18,19). The number of ether oxygens (including phenoxy) is 1. The maximum atomic E-state index is 12.1. The Bertz CT molecular complexity index is 479. The molecular weight excluding hydrogens is 282 g/mol. The van der Waals surface area contributed by atoms with Gasteiger partial charge in [0, 0.05) is 10.7 Å². The van der Waals surface area contributed by atoms with Crippen molar-refractivity contribution in [3.05, 3.63) is 29.3 Å². The summed E-state index contributed by atoms with van der Waals surface area (Å²) in [7, 11) is 0. The van der Waals surface area contributed by atoms with E-state index in [9.17, 15) is 9.59 Å². The van der Waals surface area contributed by atoms with Crippen LogP contribution >= 0.6 is 11.6 Å². The molecule has 0 atom stereocenters. The largest absolute Gasteiger partial charge is 0.480 e. The average Bonchev–Trinajstić information content (AvgIpc) is 2.33. The van der Waals surface area contributed by atoms with E-state index in [-0.39, 0.29) is 6.61 Å². The number of nitrogens with zero attached hydrogens (tertiary/aromatic N) is 1. The normalized spacial score (nSPS) is 11.2. The van der Waals surface area contributed by atoms with Crippen molar-refractivity contribution in [3.63, 3.8) is 0 Å². The van der Waals surface area contributed by atoms with Gasteiger partial charge in [0.05, 0.1) is 5.60 Å². The maximum Gasteiger partial charge on any atom is 0.323 e. The predicted octanol–water partition coefficient (Wildman–Crippen LogP) is 2.57. The molecule has 0 aliphatic rings.